The Labute approximate surface area is 168 Å². The Hall–Kier alpha value is -3.99. The highest BCUT2D eigenvalue weighted by Crippen LogP contribution is 2.26. The molecule has 5 heteroatoms. The van der Waals surface area contributed by atoms with Crippen LogP contribution in [0.2, 0.25) is 0 Å². The molecule has 0 saturated carbocycles. The van der Waals surface area contributed by atoms with Gasteiger partial charge >= 0.3 is 0 Å². The van der Waals surface area contributed by atoms with Gasteiger partial charge in [0.25, 0.3) is 0 Å². The third kappa shape index (κ3) is 3.34. The number of H-pyrrole nitrogens is 1. The zero-order chi connectivity index (χ0) is 19.6. The second-order valence-corrected chi connectivity index (χ2v) is 6.86. The van der Waals surface area contributed by atoms with E-state index in [1.807, 2.05) is 60.9 Å². The number of hydrogen-bond acceptors (Lipinski definition) is 3. The number of nitrogens with two attached hydrogens (primary N) is 1. The fourth-order valence-corrected chi connectivity index (χ4v) is 3.47. The third-order valence-corrected chi connectivity index (χ3v) is 4.97. The molecule has 0 fully saturated rings. The summed E-state index contributed by atoms with van der Waals surface area (Å²) < 4.78 is 7.89. The number of imidazole rings is 1. The van der Waals surface area contributed by atoms with E-state index in [4.69, 9.17) is 10.5 Å². The lowest BCUT2D eigenvalue weighted by atomic mass is 10.1. The van der Waals surface area contributed by atoms with E-state index in [1.54, 1.807) is 0 Å². The first-order valence-corrected chi connectivity index (χ1v) is 9.46. The lowest BCUT2D eigenvalue weighted by molar-refractivity contribution is 0.297. The molecular formula is C24H20N4O. The molecule has 0 aliphatic heterocycles. The topological polar surface area (TPSA) is 68.9 Å². The standard InChI is InChI=1S/C24H20N4O/c25-21-7-4-8-23-20(21)13-14-28(23)18-11-9-17(10-12-18)22-15-26-24(27-22)16-29-19-5-2-1-3-6-19/h1-15H,16,25H2,(H,26,27). The maximum absolute atomic E-state index is 6.08. The Morgan fingerprint density at radius 3 is 2.55 bits per heavy atom. The lowest BCUT2D eigenvalue weighted by Crippen LogP contribution is -1.97. The molecule has 0 radical (unpaired) electrons. The van der Waals surface area contributed by atoms with Gasteiger partial charge in [0.15, 0.2) is 0 Å². The van der Waals surface area contributed by atoms with E-state index >= 15 is 0 Å². The molecule has 0 bridgehead atoms. The Kier molecular flexibility index (Phi) is 4.26. The zero-order valence-corrected chi connectivity index (χ0v) is 15.7. The summed E-state index contributed by atoms with van der Waals surface area (Å²) in [6.45, 7) is 0.402. The molecule has 5 nitrogen and oxygen atoms in total. The van der Waals surface area contributed by atoms with Gasteiger partial charge in [0, 0.05) is 23.0 Å². The zero-order valence-electron chi connectivity index (χ0n) is 15.7. The number of fused-ring (bicyclic) bond motifs is 1. The number of hydrogen-bond donors (Lipinski definition) is 2. The van der Waals surface area contributed by atoms with Crippen LogP contribution in [0.15, 0.2) is 91.3 Å². The van der Waals surface area contributed by atoms with Crippen molar-refractivity contribution in [1.82, 2.24) is 14.5 Å². The van der Waals surface area contributed by atoms with Crippen LogP contribution in [0.1, 0.15) is 5.82 Å². The lowest BCUT2D eigenvalue weighted by Gasteiger charge is -2.07. The van der Waals surface area contributed by atoms with Crippen LogP contribution in [0.25, 0.3) is 27.8 Å². The molecule has 0 atom stereocenters. The summed E-state index contributed by atoms with van der Waals surface area (Å²) in [5, 5.41) is 1.06. The van der Waals surface area contributed by atoms with Crippen molar-refractivity contribution >= 4 is 16.6 Å². The number of rotatable bonds is 5. The number of anilines is 1. The normalized spacial score (nSPS) is 11.0. The smallest absolute Gasteiger partial charge is 0.146 e. The van der Waals surface area contributed by atoms with Crippen molar-refractivity contribution in [3.05, 3.63) is 97.1 Å². The van der Waals surface area contributed by atoms with Crippen molar-refractivity contribution in [3.63, 3.8) is 0 Å². The van der Waals surface area contributed by atoms with Crippen LogP contribution in [0.4, 0.5) is 5.69 Å². The number of para-hydroxylation sites is 1. The monoisotopic (exact) mass is 380 g/mol. The number of benzene rings is 3. The number of nitrogens with zero attached hydrogens (tertiary/aromatic N) is 2. The largest absolute Gasteiger partial charge is 0.486 e. The molecule has 5 aromatic rings. The molecule has 0 aliphatic carbocycles. The molecule has 2 aromatic heterocycles. The summed E-state index contributed by atoms with van der Waals surface area (Å²) >= 11 is 0. The van der Waals surface area contributed by atoms with E-state index in [9.17, 15) is 0 Å². The van der Waals surface area contributed by atoms with Gasteiger partial charge < -0.3 is 20.0 Å². The average Bonchev–Trinajstić information content (AvgIpc) is 3.41. The van der Waals surface area contributed by atoms with Gasteiger partial charge in [-0.05, 0) is 48.0 Å². The highest BCUT2D eigenvalue weighted by atomic mass is 16.5. The fourth-order valence-electron chi connectivity index (χ4n) is 3.47. The molecule has 0 amide bonds. The summed E-state index contributed by atoms with van der Waals surface area (Å²) in [5.41, 5.74) is 11.1. The highest BCUT2D eigenvalue weighted by molar-refractivity contribution is 5.92. The molecule has 2 heterocycles. The SMILES string of the molecule is Nc1cccc2c1ccn2-c1ccc(-c2cnc(COc3ccccc3)[nH]2)cc1. The Balaban J connectivity index is 1.35. The van der Waals surface area contributed by atoms with Gasteiger partial charge in [-0.1, -0.05) is 36.4 Å². The number of aromatic nitrogens is 3. The number of ether oxygens (including phenoxy) is 1. The first-order valence-electron chi connectivity index (χ1n) is 9.46. The first-order chi connectivity index (χ1) is 14.3. The van der Waals surface area contributed by atoms with Crippen LogP contribution in [-0.4, -0.2) is 14.5 Å². The van der Waals surface area contributed by atoms with Crippen molar-refractivity contribution in [2.45, 2.75) is 6.61 Å². The quantitative estimate of drug-likeness (QED) is 0.413. The molecule has 0 spiro atoms. The Morgan fingerprint density at radius 1 is 0.897 bits per heavy atom. The van der Waals surface area contributed by atoms with E-state index in [0.29, 0.717) is 6.61 Å². The molecule has 0 saturated heterocycles. The summed E-state index contributed by atoms with van der Waals surface area (Å²) in [6, 6.07) is 26.1. The summed E-state index contributed by atoms with van der Waals surface area (Å²) in [6.07, 6.45) is 3.88. The van der Waals surface area contributed by atoms with Gasteiger partial charge in [0.05, 0.1) is 17.4 Å². The van der Waals surface area contributed by atoms with E-state index < -0.39 is 0 Å². The van der Waals surface area contributed by atoms with Gasteiger partial charge in [-0.25, -0.2) is 4.98 Å². The molecule has 142 valence electrons. The third-order valence-electron chi connectivity index (χ3n) is 4.97. The van der Waals surface area contributed by atoms with Gasteiger partial charge in [-0.2, -0.15) is 0 Å². The first kappa shape index (κ1) is 17.1. The number of aromatic amines is 1. The molecule has 3 N–H and O–H groups in total. The summed E-state index contributed by atoms with van der Waals surface area (Å²) in [5.74, 6) is 1.62. The number of nitrogens with one attached hydrogen (secondary N) is 1. The van der Waals surface area contributed by atoms with Crippen molar-refractivity contribution in [1.29, 1.82) is 0 Å². The minimum Gasteiger partial charge on any atom is -0.486 e. The minimum atomic E-state index is 0.402. The van der Waals surface area contributed by atoms with Crippen molar-refractivity contribution in [3.8, 4) is 22.7 Å². The van der Waals surface area contributed by atoms with Crippen molar-refractivity contribution in [2.75, 3.05) is 5.73 Å². The molecule has 3 aromatic carbocycles. The fraction of sp³-hybridized carbons (Fsp3) is 0.0417. The van der Waals surface area contributed by atoms with Crippen LogP contribution in [0.3, 0.4) is 0 Å². The second kappa shape index (κ2) is 7.20. The van der Waals surface area contributed by atoms with Crippen LogP contribution < -0.4 is 10.5 Å². The molecular weight excluding hydrogens is 360 g/mol. The molecule has 0 aliphatic rings. The predicted octanol–water partition coefficient (Wildman–Crippen LogP) is 5.18. The van der Waals surface area contributed by atoms with Crippen molar-refractivity contribution in [2.24, 2.45) is 0 Å². The van der Waals surface area contributed by atoms with Crippen molar-refractivity contribution < 1.29 is 4.74 Å². The van der Waals surface area contributed by atoms with E-state index in [-0.39, 0.29) is 0 Å². The van der Waals surface area contributed by atoms with Gasteiger partial charge in [-0.3, -0.25) is 0 Å². The van der Waals surface area contributed by atoms with E-state index in [2.05, 4.69) is 44.9 Å². The Morgan fingerprint density at radius 2 is 1.72 bits per heavy atom. The van der Waals surface area contributed by atoms with Crippen LogP contribution in [0, 0.1) is 0 Å². The summed E-state index contributed by atoms with van der Waals surface area (Å²) in [7, 11) is 0. The van der Waals surface area contributed by atoms with Gasteiger partial charge in [0.2, 0.25) is 0 Å². The second-order valence-electron chi connectivity index (χ2n) is 6.86. The Bertz CT molecular complexity index is 1250. The molecule has 29 heavy (non-hydrogen) atoms. The predicted molar refractivity (Wildman–Crippen MR) is 116 cm³/mol. The highest BCUT2D eigenvalue weighted by Gasteiger charge is 2.07. The van der Waals surface area contributed by atoms with E-state index in [0.717, 1.165) is 45.1 Å². The van der Waals surface area contributed by atoms with Gasteiger partial charge in [-0.15, -0.1) is 0 Å². The molecule has 0 unspecified atom stereocenters. The number of nitrogen functional groups attached to an aromatic ring is 1. The minimum absolute atomic E-state index is 0.402. The van der Waals surface area contributed by atoms with E-state index in [1.165, 1.54) is 0 Å². The maximum Gasteiger partial charge on any atom is 0.146 e. The van der Waals surface area contributed by atoms with Crippen LogP contribution >= 0.6 is 0 Å². The van der Waals surface area contributed by atoms with Crippen LogP contribution in [-0.2, 0) is 6.61 Å². The average molecular weight is 380 g/mol. The van der Waals surface area contributed by atoms with Gasteiger partial charge in [0.1, 0.15) is 18.2 Å². The molecule has 5 rings (SSSR count). The van der Waals surface area contributed by atoms with Crippen LogP contribution in [0.5, 0.6) is 5.75 Å². The maximum atomic E-state index is 6.08. The summed E-state index contributed by atoms with van der Waals surface area (Å²) in [4.78, 5) is 7.76.